The first-order chi connectivity index (χ1) is 9.00. The molecule has 1 heterocycles. The Morgan fingerprint density at radius 1 is 1.16 bits per heavy atom. The highest BCUT2D eigenvalue weighted by Gasteiger charge is 2.30. The average molecular weight is 264 g/mol. The Morgan fingerprint density at radius 2 is 1.95 bits per heavy atom. The summed E-state index contributed by atoms with van der Waals surface area (Å²) >= 11 is 0. The van der Waals surface area contributed by atoms with Crippen LogP contribution < -0.4 is 4.74 Å². The van der Waals surface area contributed by atoms with E-state index in [1.165, 1.54) is 30.5 Å². The van der Waals surface area contributed by atoms with Gasteiger partial charge in [-0.1, -0.05) is 6.07 Å². The number of rotatable bonds is 2. The number of ether oxygens (including phenoxy) is 1. The molecule has 0 bridgehead atoms. The van der Waals surface area contributed by atoms with Crippen molar-refractivity contribution in [2.75, 3.05) is 0 Å². The lowest BCUT2D eigenvalue weighted by Gasteiger charge is -2.09. The second-order valence-electron chi connectivity index (χ2n) is 3.60. The van der Waals surface area contributed by atoms with Crippen molar-refractivity contribution in [3.63, 3.8) is 0 Å². The minimum Gasteiger partial charge on any atom is -0.438 e. The number of aromatic nitrogens is 1. The van der Waals surface area contributed by atoms with Crippen molar-refractivity contribution >= 4 is 0 Å². The number of hydrogen-bond donors (Lipinski definition) is 0. The van der Waals surface area contributed by atoms with E-state index in [1.807, 2.05) is 6.07 Å². The van der Waals surface area contributed by atoms with Crippen LogP contribution in [0.15, 0.2) is 42.6 Å². The molecule has 0 aliphatic carbocycles. The fourth-order valence-electron chi connectivity index (χ4n) is 1.40. The molecule has 1 aromatic heterocycles. The maximum absolute atomic E-state index is 12.5. The van der Waals surface area contributed by atoms with Crippen LogP contribution in [0.2, 0.25) is 0 Å². The van der Waals surface area contributed by atoms with Crippen molar-refractivity contribution in [1.29, 1.82) is 5.26 Å². The molecule has 2 aromatic rings. The number of alkyl halides is 3. The van der Waals surface area contributed by atoms with E-state index in [2.05, 4.69) is 4.98 Å². The van der Waals surface area contributed by atoms with Crippen molar-refractivity contribution in [3.05, 3.63) is 53.7 Å². The highest BCUT2D eigenvalue weighted by molar-refractivity contribution is 5.41. The van der Waals surface area contributed by atoms with Crippen molar-refractivity contribution < 1.29 is 17.9 Å². The molecule has 0 N–H and O–H groups in total. The monoisotopic (exact) mass is 264 g/mol. The third-order valence-electron chi connectivity index (χ3n) is 2.27. The van der Waals surface area contributed by atoms with Crippen LogP contribution in [0.5, 0.6) is 11.6 Å². The fraction of sp³-hybridized carbons (Fsp3) is 0.0769. The van der Waals surface area contributed by atoms with Gasteiger partial charge in [0.15, 0.2) is 0 Å². The van der Waals surface area contributed by atoms with E-state index >= 15 is 0 Å². The topological polar surface area (TPSA) is 45.9 Å². The Morgan fingerprint density at radius 3 is 2.63 bits per heavy atom. The van der Waals surface area contributed by atoms with E-state index in [-0.39, 0.29) is 17.2 Å². The highest BCUT2D eigenvalue weighted by atomic mass is 19.4. The van der Waals surface area contributed by atoms with Crippen LogP contribution in [-0.4, -0.2) is 4.98 Å². The van der Waals surface area contributed by atoms with Crippen molar-refractivity contribution in [2.45, 2.75) is 6.18 Å². The lowest BCUT2D eigenvalue weighted by molar-refractivity contribution is -0.137. The van der Waals surface area contributed by atoms with Gasteiger partial charge >= 0.3 is 6.18 Å². The zero-order valence-electron chi connectivity index (χ0n) is 9.48. The van der Waals surface area contributed by atoms with Crippen LogP contribution in [0.1, 0.15) is 11.1 Å². The molecule has 2 rings (SSSR count). The number of nitrogens with zero attached hydrogens (tertiary/aromatic N) is 2. The van der Waals surface area contributed by atoms with E-state index in [0.29, 0.717) is 0 Å². The van der Waals surface area contributed by atoms with Crippen LogP contribution in [0.4, 0.5) is 13.2 Å². The molecule has 0 amide bonds. The summed E-state index contributed by atoms with van der Waals surface area (Å²) in [5.41, 5.74) is -0.667. The molecule has 0 radical (unpaired) electrons. The molecule has 0 saturated heterocycles. The molecule has 0 unspecified atom stereocenters. The summed E-state index contributed by atoms with van der Waals surface area (Å²) in [5.74, 6) is -0.0469. The Bertz CT molecular complexity index is 632. The first kappa shape index (κ1) is 12.9. The molecule has 0 atom stereocenters. The molecule has 0 aliphatic rings. The SMILES string of the molecule is N#Cc1cccnc1Oc1cccc(C(F)(F)F)c1. The van der Waals surface area contributed by atoms with Gasteiger partial charge in [-0.2, -0.15) is 18.4 Å². The maximum Gasteiger partial charge on any atom is 0.416 e. The number of hydrogen-bond acceptors (Lipinski definition) is 3. The van der Waals surface area contributed by atoms with Gasteiger partial charge < -0.3 is 4.74 Å². The molecule has 96 valence electrons. The van der Waals surface area contributed by atoms with Crippen LogP contribution in [0.25, 0.3) is 0 Å². The summed E-state index contributed by atoms with van der Waals surface area (Å²) in [6, 6.07) is 9.25. The number of nitriles is 1. The third-order valence-corrected chi connectivity index (χ3v) is 2.27. The summed E-state index contributed by atoms with van der Waals surface area (Å²) in [7, 11) is 0. The van der Waals surface area contributed by atoms with Gasteiger partial charge in [0.2, 0.25) is 5.88 Å². The summed E-state index contributed by atoms with van der Waals surface area (Å²) in [6.45, 7) is 0. The van der Waals surface area contributed by atoms with Gasteiger partial charge in [-0.15, -0.1) is 0 Å². The van der Waals surface area contributed by atoms with Crippen molar-refractivity contribution in [1.82, 2.24) is 4.98 Å². The molecular formula is C13H7F3N2O. The Kier molecular flexibility index (Phi) is 3.38. The predicted molar refractivity (Wildman–Crippen MR) is 60.5 cm³/mol. The lowest BCUT2D eigenvalue weighted by Crippen LogP contribution is -2.04. The van der Waals surface area contributed by atoms with E-state index < -0.39 is 11.7 Å². The van der Waals surface area contributed by atoms with E-state index in [0.717, 1.165) is 12.1 Å². The Labute approximate surface area is 106 Å². The van der Waals surface area contributed by atoms with Gasteiger partial charge in [0, 0.05) is 6.20 Å². The van der Waals surface area contributed by atoms with Gasteiger partial charge in [0.25, 0.3) is 0 Å². The van der Waals surface area contributed by atoms with Gasteiger partial charge in [0.1, 0.15) is 17.4 Å². The number of pyridine rings is 1. The molecule has 0 saturated carbocycles. The highest BCUT2D eigenvalue weighted by Crippen LogP contribution is 2.32. The minimum absolute atomic E-state index is 0.0231. The molecule has 3 nitrogen and oxygen atoms in total. The van der Waals surface area contributed by atoms with Crippen LogP contribution in [-0.2, 0) is 6.18 Å². The fourth-order valence-corrected chi connectivity index (χ4v) is 1.40. The van der Waals surface area contributed by atoms with Crippen LogP contribution in [0, 0.1) is 11.3 Å². The number of benzene rings is 1. The molecular weight excluding hydrogens is 257 g/mol. The zero-order valence-corrected chi connectivity index (χ0v) is 9.48. The maximum atomic E-state index is 12.5. The quantitative estimate of drug-likeness (QED) is 0.829. The molecule has 0 fully saturated rings. The number of halogens is 3. The van der Waals surface area contributed by atoms with Gasteiger partial charge in [-0.05, 0) is 30.3 Å². The second kappa shape index (κ2) is 4.98. The van der Waals surface area contributed by atoms with Gasteiger partial charge in [-0.25, -0.2) is 4.98 Å². The van der Waals surface area contributed by atoms with Gasteiger partial charge in [0.05, 0.1) is 5.56 Å². The van der Waals surface area contributed by atoms with E-state index in [9.17, 15) is 13.2 Å². The standard InChI is InChI=1S/C13H7F3N2O/c14-13(15,16)10-4-1-5-11(7-10)19-12-9(8-17)3-2-6-18-12/h1-7H. The van der Waals surface area contributed by atoms with E-state index in [1.54, 1.807) is 0 Å². The van der Waals surface area contributed by atoms with Crippen molar-refractivity contribution in [2.24, 2.45) is 0 Å². The molecule has 19 heavy (non-hydrogen) atoms. The summed E-state index contributed by atoms with van der Waals surface area (Å²) in [4.78, 5) is 3.81. The van der Waals surface area contributed by atoms with Crippen molar-refractivity contribution in [3.8, 4) is 17.7 Å². The molecule has 0 spiro atoms. The Balaban J connectivity index is 2.32. The Hall–Kier alpha value is -2.55. The van der Waals surface area contributed by atoms with Crippen LogP contribution >= 0.6 is 0 Å². The lowest BCUT2D eigenvalue weighted by atomic mass is 10.2. The predicted octanol–water partition coefficient (Wildman–Crippen LogP) is 3.76. The molecule has 0 aliphatic heterocycles. The zero-order chi connectivity index (χ0) is 13.9. The van der Waals surface area contributed by atoms with E-state index in [4.69, 9.17) is 10.00 Å². The molecule has 1 aromatic carbocycles. The first-order valence-corrected chi connectivity index (χ1v) is 5.21. The summed E-state index contributed by atoms with van der Waals surface area (Å²) in [6.07, 6.45) is -3.05. The minimum atomic E-state index is -4.44. The van der Waals surface area contributed by atoms with Gasteiger partial charge in [-0.3, -0.25) is 0 Å². The molecule has 6 heteroatoms. The first-order valence-electron chi connectivity index (χ1n) is 5.21. The summed E-state index contributed by atoms with van der Waals surface area (Å²) in [5, 5.41) is 8.83. The van der Waals surface area contributed by atoms with Crippen LogP contribution in [0.3, 0.4) is 0 Å². The normalized spacial score (nSPS) is 10.8. The summed E-state index contributed by atoms with van der Waals surface area (Å²) < 4.78 is 42.8. The second-order valence-corrected chi connectivity index (χ2v) is 3.60. The largest absolute Gasteiger partial charge is 0.438 e. The average Bonchev–Trinajstić information content (AvgIpc) is 2.39. The smallest absolute Gasteiger partial charge is 0.416 e. The third kappa shape index (κ3) is 3.01.